The lowest BCUT2D eigenvalue weighted by molar-refractivity contribution is 0.953. The van der Waals surface area contributed by atoms with Crippen LogP contribution in [0.15, 0.2) is 46.1 Å². The Morgan fingerprint density at radius 3 is 2.74 bits per heavy atom. The zero-order valence-electron chi connectivity index (χ0n) is 13.8. The van der Waals surface area contributed by atoms with Crippen LogP contribution in [0.2, 0.25) is 10.2 Å². The molecule has 0 radical (unpaired) electrons. The first-order valence-corrected chi connectivity index (χ1v) is 8.90. The summed E-state index contributed by atoms with van der Waals surface area (Å²) < 4.78 is 0. The van der Waals surface area contributed by atoms with Gasteiger partial charge in [-0.15, -0.1) is 10.2 Å². The van der Waals surface area contributed by atoms with E-state index in [0.717, 1.165) is 17.5 Å². The van der Waals surface area contributed by atoms with E-state index in [4.69, 9.17) is 23.2 Å². The van der Waals surface area contributed by atoms with Crippen LogP contribution in [0.25, 0.3) is 11.3 Å². The number of rotatable bonds is 2. The fraction of sp³-hybridized carbons (Fsp3) is 0.158. The minimum Gasteiger partial charge on any atom is -0.313 e. The first kappa shape index (κ1) is 17.5. The number of H-pyrrole nitrogens is 2. The Hall–Kier alpha value is -2.88. The molecule has 0 amide bonds. The third-order valence-electron chi connectivity index (χ3n) is 4.33. The number of halogens is 2. The molecule has 3 aromatic rings. The van der Waals surface area contributed by atoms with Gasteiger partial charge in [0.25, 0.3) is 5.56 Å². The van der Waals surface area contributed by atoms with Crippen molar-refractivity contribution < 1.29 is 0 Å². The lowest BCUT2D eigenvalue weighted by atomic mass is 10.1. The van der Waals surface area contributed by atoms with Gasteiger partial charge in [0, 0.05) is 23.6 Å². The Morgan fingerprint density at radius 2 is 1.96 bits per heavy atom. The predicted molar refractivity (Wildman–Crippen MR) is 103 cm³/mol. The summed E-state index contributed by atoms with van der Waals surface area (Å²) >= 11 is 12.3. The van der Waals surface area contributed by atoms with Gasteiger partial charge in [0.15, 0.2) is 5.15 Å². The Kier molecular flexibility index (Phi) is 4.56. The standard InChI is InChI=1S/C19H12Cl2N4O2/c20-15-4-2-1-3-10(15)5-6-11-7-12(11)13-8-16(24-25-17(13)21)14-9-22-19(27)23-18(14)26/h1-4,8-9,11-12H,7H2,(H2,22,23,26,27)/t11-,12-/m0/s1. The molecule has 0 saturated heterocycles. The second kappa shape index (κ2) is 7.03. The number of aromatic amines is 2. The van der Waals surface area contributed by atoms with Crippen LogP contribution in [0.3, 0.4) is 0 Å². The summed E-state index contributed by atoms with van der Waals surface area (Å²) in [5.74, 6) is 6.55. The maximum absolute atomic E-state index is 12.0. The number of benzene rings is 1. The normalized spacial score (nSPS) is 17.9. The molecule has 0 bridgehead atoms. The maximum atomic E-state index is 12.0. The Labute approximate surface area is 163 Å². The van der Waals surface area contributed by atoms with E-state index >= 15 is 0 Å². The van der Waals surface area contributed by atoms with Gasteiger partial charge in [-0.05, 0) is 30.2 Å². The Morgan fingerprint density at radius 1 is 1.15 bits per heavy atom. The summed E-state index contributed by atoms with van der Waals surface area (Å²) in [5.41, 5.74) is 1.01. The predicted octanol–water partition coefficient (Wildman–Crippen LogP) is 2.98. The summed E-state index contributed by atoms with van der Waals surface area (Å²) in [6.07, 6.45) is 2.15. The number of nitrogens with zero attached hydrogens (tertiary/aromatic N) is 2. The van der Waals surface area contributed by atoms with Gasteiger partial charge in [0.2, 0.25) is 0 Å². The first-order chi connectivity index (χ1) is 13.0. The Bertz CT molecular complexity index is 1210. The van der Waals surface area contributed by atoms with Gasteiger partial charge in [-0.2, -0.15) is 0 Å². The fourth-order valence-corrected chi connectivity index (χ4v) is 3.23. The molecule has 1 aliphatic carbocycles. The van der Waals surface area contributed by atoms with Crippen molar-refractivity contribution in [2.45, 2.75) is 12.3 Å². The molecule has 2 N–H and O–H groups in total. The molecule has 6 nitrogen and oxygen atoms in total. The number of aromatic nitrogens is 4. The van der Waals surface area contributed by atoms with E-state index in [2.05, 4.69) is 32.0 Å². The van der Waals surface area contributed by atoms with Crippen LogP contribution >= 0.6 is 23.2 Å². The number of nitrogens with one attached hydrogen (secondary N) is 2. The molecule has 27 heavy (non-hydrogen) atoms. The van der Waals surface area contributed by atoms with E-state index in [-0.39, 0.29) is 22.6 Å². The van der Waals surface area contributed by atoms with Crippen molar-refractivity contribution in [3.63, 3.8) is 0 Å². The summed E-state index contributed by atoms with van der Waals surface area (Å²) in [5, 5.41) is 8.81. The highest BCUT2D eigenvalue weighted by atomic mass is 35.5. The zero-order chi connectivity index (χ0) is 19.0. The van der Waals surface area contributed by atoms with E-state index in [1.165, 1.54) is 6.20 Å². The van der Waals surface area contributed by atoms with Crippen LogP contribution in [0.4, 0.5) is 0 Å². The van der Waals surface area contributed by atoms with Crippen LogP contribution in [-0.4, -0.2) is 20.2 Å². The molecule has 2 aromatic heterocycles. The molecule has 1 fully saturated rings. The van der Waals surface area contributed by atoms with Gasteiger partial charge in [0.1, 0.15) is 5.69 Å². The van der Waals surface area contributed by atoms with Crippen LogP contribution in [0.1, 0.15) is 23.5 Å². The van der Waals surface area contributed by atoms with Crippen molar-refractivity contribution in [1.29, 1.82) is 0 Å². The fourth-order valence-electron chi connectivity index (χ4n) is 2.81. The average molecular weight is 399 g/mol. The van der Waals surface area contributed by atoms with Crippen molar-refractivity contribution in [2.24, 2.45) is 5.92 Å². The molecule has 134 valence electrons. The smallest absolute Gasteiger partial charge is 0.313 e. The third-order valence-corrected chi connectivity index (χ3v) is 4.95. The van der Waals surface area contributed by atoms with Gasteiger partial charge in [-0.25, -0.2) is 4.79 Å². The monoisotopic (exact) mass is 398 g/mol. The van der Waals surface area contributed by atoms with Crippen molar-refractivity contribution in [1.82, 2.24) is 20.2 Å². The van der Waals surface area contributed by atoms with Crippen LogP contribution in [-0.2, 0) is 0 Å². The molecular formula is C19H12Cl2N4O2. The maximum Gasteiger partial charge on any atom is 0.325 e. The van der Waals surface area contributed by atoms with E-state index in [9.17, 15) is 9.59 Å². The molecule has 0 unspecified atom stereocenters. The van der Waals surface area contributed by atoms with Crippen LogP contribution in [0, 0.1) is 17.8 Å². The highest BCUT2D eigenvalue weighted by Crippen LogP contribution is 2.49. The van der Waals surface area contributed by atoms with E-state index < -0.39 is 11.2 Å². The molecule has 1 saturated carbocycles. The lowest BCUT2D eigenvalue weighted by Gasteiger charge is -2.04. The van der Waals surface area contributed by atoms with Gasteiger partial charge in [0.05, 0.1) is 10.6 Å². The van der Waals surface area contributed by atoms with E-state index in [1.54, 1.807) is 12.1 Å². The second-order valence-corrected chi connectivity index (χ2v) is 6.92. The summed E-state index contributed by atoms with van der Waals surface area (Å²) in [7, 11) is 0. The largest absolute Gasteiger partial charge is 0.325 e. The second-order valence-electron chi connectivity index (χ2n) is 6.16. The number of hydrogen-bond donors (Lipinski definition) is 2. The summed E-state index contributed by atoms with van der Waals surface area (Å²) in [6.45, 7) is 0. The molecule has 0 spiro atoms. The highest BCUT2D eigenvalue weighted by molar-refractivity contribution is 6.31. The van der Waals surface area contributed by atoms with E-state index in [1.807, 2.05) is 18.2 Å². The summed E-state index contributed by atoms with van der Waals surface area (Å²) in [6, 6.07) is 9.13. The highest BCUT2D eigenvalue weighted by Gasteiger charge is 2.39. The molecular weight excluding hydrogens is 387 g/mol. The molecule has 2 atom stereocenters. The van der Waals surface area contributed by atoms with Gasteiger partial charge in [-0.3, -0.25) is 9.78 Å². The molecule has 4 rings (SSSR count). The van der Waals surface area contributed by atoms with Crippen molar-refractivity contribution in [3.8, 4) is 23.1 Å². The van der Waals surface area contributed by atoms with Gasteiger partial charge in [-0.1, -0.05) is 47.2 Å². The molecule has 8 heteroatoms. The molecule has 1 aromatic carbocycles. The van der Waals surface area contributed by atoms with Gasteiger partial charge < -0.3 is 4.98 Å². The lowest BCUT2D eigenvalue weighted by Crippen LogP contribution is -2.23. The Balaban J connectivity index is 1.62. The minimum atomic E-state index is -0.581. The molecule has 2 heterocycles. The van der Waals surface area contributed by atoms with Crippen LogP contribution < -0.4 is 11.2 Å². The average Bonchev–Trinajstić information content (AvgIpc) is 3.41. The topological polar surface area (TPSA) is 91.5 Å². The minimum absolute atomic E-state index is 0.114. The van der Waals surface area contributed by atoms with Crippen molar-refractivity contribution in [2.75, 3.05) is 0 Å². The van der Waals surface area contributed by atoms with Gasteiger partial charge >= 0.3 is 5.69 Å². The number of hydrogen-bond acceptors (Lipinski definition) is 4. The summed E-state index contributed by atoms with van der Waals surface area (Å²) in [4.78, 5) is 27.7. The zero-order valence-corrected chi connectivity index (χ0v) is 15.3. The third kappa shape index (κ3) is 3.65. The van der Waals surface area contributed by atoms with Crippen LogP contribution in [0.5, 0.6) is 0 Å². The quantitative estimate of drug-likeness (QED) is 0.649. The first-order valence-electron chi connectivity index (χ1n) is 8.14. The van der Waals surface area contributed by atoms with E-state index in [0.29, 0.717) is 10.7 Å². The SMILES string of the molecule is O=c1[nH]cc(-c2cc([C@H]3C[C@@H]3C#Cc3ccccc3Cl)c(Cl)nn2)c(=O)[nH]1. The molecule has 0 aliphatic heterocycles. The van der Waals surface area contributed by atoms with Crippen molar-refractivity contribution in [3.05, 3.63) is 78.7 Å². The molecule has 1 aliphatic rings. The van der Waals surface area contributed by atoms with Crippen molar-refractivity contribution >= 4 is 23.2 Å².